The van der Waals surface area contributed by atoms with Gasteiger partial charge in [0.1, 0.15) is 6.04 Å². The van der Waals surface area contributed by atoms with E-state index >= 15 is 0 Å². The Kier molecular flexibility index (Phi) is 8.44. The summed E-state index contributed by atoms with van der Waals surface area (Å²) < 4.78 is 5.14. The molecule has 0 saturated heterocycles. The maximum absolute atomic E-state index is 12.5. The van der Waals surface area contributed by atoms with Crippen molar-refractivity contribution in [1.82, 2.24) is 16.0 Å². The molecule has 8 heteroatoms. The Balaban J connectivity index is 2.75. The molecular formula is C19H27N3O5. The number of amides is 4. The Bertz CT molecular complexity index is 702. The Morgan fingerprint density at radius 3 is 2.26 bits per heavy atom. The molecule has 0 unspecified atom stereocenters. The van der Waals surface area contributed by atoms with Crippen molar-refractivity contribution in [3.63, 3.8) is 0 Å². The molecule has 0 heterocycles. The third-order valence-corrected chi connectivity index (χ3v) is 3.83. The first kappa shape index (κ1) is 22.1. The normalized spacial score (nSPS) is 12.7. The fourth-order valence-corrected chi connectivity index (χ4v) is 2.26. The molecule has 4 amide bonds. The summed E-state index contributed by atoms with van der Waals surface area (Å²) >= 11 is 0. The van der Waals surface area contributed by atoms with E-state index in [9.17, 15) is 19.2 Å². The summed E-state index contributed by atoms with van der Waals surface area (Å²) in [7, 11) is 0. The quantitative estimate of drug-likeness (QED) is 0.624. The van der Waals surface area contributed by atoms with Crippen molar-refractivity contribution in [2.24, 2.45) is 5.92 Å². The van der Waals surface area contributed by atoms with Gasteiger partial charge in [0.25, 0.3) is 11.8 Å². The standard InChI is InChI=1S/C19H27N3O5/c1-6-20-19(26)22-16(23)13(5)27-18(25)15(11(2)3)21-17(24)14-10-8-7-9-12(14)4/h7-11,13,15H,6H2,1-5H3,(H,21,24)(H2,20,22,23,26)/t13-,15-/m1/s1. The second-order valence-electron chi connectivity index (χ2n) is 6.44. The topological polar surface area (TPSA) is 114 Å². The van der Waals surface area contributed by atoms with Crippen LogP contribution in [-0.2, 0) is 14.3 Å². The summed E-state index contributed by atoms with van der Waals surface area (Å²) in [5, 5.41) is 7.14. The van der Waals surface area contributed by atoms with Crippen molar-refractivity contribution in [3.05, 3.63) is 35.4 Å². The van der Waals surface area contributed by atoms with Gasteiger partial charge >= 0.3 is 12.0 Å². The third-order valence-electron chi connectivity index (χ3n) is 3.83. The lowest BCUT2D eigenvalue weighted by molar-refractivity contribution is -0.157. The second-order valence-corrected chi connectivity index (χ2v) is 6.44. The molecule has 1 aromatic carbocycles. The summed E-state index contributed by atoms with van der Waals surface area (Å²) in [5.74, 6) is -2.15. The predicted molar refractivity (Wildman–Crippen MR) is 100 cm³/mol. The van der Waals surface area contributed by atoms with Gasteiger partial charge in [-0.3, -0.25) is 14.9 Å². The molecule has 0 aromatic heterocycles. The molecule has 1 aromatic rings. The lowest BCUT2D eigenvalue weighted by atomic mass is 10.0. The van der Waals surface area contributed by atoms with Crippen LogP contribution in [0.4, 0.5) is 4.79 Å². The molecule has 0 spiro atoms. The van der Waals surface area contributed by atoms with Crippen LogP contribution in [-0.4, -0.2) is 42.5 Å². The van der Waals surface area contributed by atoms with Gasteiger partial charge in [-0.05, 0) is 38.3 Å². The number of esters is 1. The number of imide groups is 1. The average Bonchev–Trinajstić information content (AvgIpc) is 2.59. The molecule has 8 nitrogen and oxygen atoms in total. The number of rotatable bonds is 7. The lowest BCUT2D eigenvalue weighted by Crippen LogP contribution is -2.49. The molecule has 0 bridgehead atoms. The summed E-state index contributed by atoms with van der Waals surface area (Å²) in [6.07, 6.45) is -1.18. The fourth-order valence-electron chi connectivity index (χ4n) is 2.26. The summed E-state index contributed by atoms with van der Waals surface area (Å²) in [4.78, 5) is 48.2. The molecule has 0 aliphatic heterocycles. The summed E-state index contributed by atoms with van der Waals surface area (Å²) in [6.45, 7) is 8.72. The molecule has 0 aliphatic carbocycles. The molecule has 27 heavy (non-hydrogen) atoms. The molecule has 0 radical (unpaired) electrons. The van der Waals surface area contributed by atoms with Gasteiger partial charge in [0.05, 0.1) is 0 Å². The first-order chi connectivity index (χ1) is 12.7. The maximum atomic E-state index is 12.5. The molecule has 3 N–H and O–H groups in total. The van der Waals surface area contributed by atoms with E-state index in [0.717, 1.165) is 5.56 Å². The second kappa shape index (κ2) is 10.3. The number of carbonyl (C=O) groups excluding carboxylic acids is 4. The van der Waals surface area contributed by atoms with E-state index in [4.69, 9.17) is 4.74 Å². The van der Waals surface area contributed by atoms with Crippen LogP contribution in [0.1, 0.15) is 43.6 Å². The van der Waals surface area contributed by atoms with Gasteiger partial charge in [0.15, 0.2) is 6.10 Å². The van der Waals surface area contributed by atoms with Gasteiger partial charge in [-0.25, -0.2) is 9.59 Å². The van der Waals surface area contributed by atoms with E-state index in [-0.39, 0.29) is 5.92 Å². The number of aryl methyl sites for hydroxylation is 1. The van der Waals surface area contributed by atoms with Gasteiger partial charge in [-0.1, -0.05) is 32.0 Å². The van der Waals surface area contributed by atoms with Crippen LogP contribution >= 0.6 is 0 Å². The van der Waals surface area contributed by atoms with E-state index in [1.807, 2.05) is 6.07 Å². The maximum Gasteiger partial charge on any atom is 0.329 e. The molecule has 1 rings (SSSR count). The van der Waals surface area contributed by atoms with E-state index in [2.05, 4.69) is 16.0 Å². The zero-order chi connectivity index (χ0) is 20.6. The van der Waals surface area contributed by atoms with Gasteiger partial charge in [0.2, 0.25) is 0 Å². The highest BCUT2D eigenvalue weighted by molar-refractivity contribution is 5.99. The number of hydrogen-bond donors (Lipinski definition) is 3. The minimum Gasteiger partial charge on any atom is -0.451 e. The Morgan fingerprint density at radius 2 is 1.70 bits per heavy atom. The number of nitrogens with one attached hydrogen (secondary N) is 3. The number of carbonyl (C=O) groups is 4. The van der Waals surface area contributed by atoms with Crippen molar-refractivity contribution in [2.75, 3.05) is 6.54 Å². The highest BCUT2D eigenvalue weighted by Crippen LogP contribution is 2.11. The molecule has 2 atom stereocenters. The summed E-state index contributed by atoms with van der Waals surface area (Å²) in [5.41, 5.74) is 1.23. The molecule has 0 aliphatic rings. The highest BCUT2D eigenvalue weighted by Gasteiger charge is 2.29. The third kappa shape index (κ3) is 6.73. The van der Waals surface area contributed by atoms with E-state index < -0.39 is 36.0 Å². The van der Waals surface area contributed by atoms with Crippen molar-refractivity contribution >= 4 is 23.8 Å². The highest BCUT2D eigenvalue weighted by atomic mass is 16.5. The van der Waals surface area contributed by atoms with Gasteiger partial charge in [0, 0.05) is 12.1 Å². The van der Waals surface area contributed by atoms with Crippen LogP contribution in [0.25, 0.3) is 0 Å². The Hall–Kier alpha value is -2.90. The lowest BCUT2D eigenvalue weighted by Gasteiger charge is -2.23. The molecule has 0 fully saturated rings. The molecule has 0 saturated carbocycles. The molecular weight excluding hydrogens is 350 g/mol. The zero-order valence-electron chi connectivity index (χ0n) is 16.3. The van der Waals surface area contributed by atoms with E-state index in [1.54, 1.807) is 45.9 Å². The predicted octanol–water partition coefficient (Wildman–Crippen LogP) is 1.53. The average molecular weight is 377 g/mol. The van der Waals surface area contributed by atoms with E-state index in [1.165, 1.54) is 6.92 Å². The van der Waals surface area contributed by atoms with Crippen molar-refractivity contribution < 1.29 is 23.9 Å². The van der Waals surface area contributed by atoms with E-state index in [0.29, 0.717) is 12.1 Å². The van der Waals surface area contributed by atoms with Crippen LogP contribution in [0, 0.1) is 12.8 Å². The molecule has 148 valence electrons. The van der Waals surface area contributed by atoms with Gasteiger partial charge < -0.3 is 15.4 Å². The number of urea groups is 1. The number of benzene rings is 1. The Labute approximate surface area is 159 Å². The van der Waals surface area contributed by atoms with Crippen LogP contribution in [0.15, 0.2) is 24.3 Å². The van der Waals surface area contributed by atoms with Gasteiger partial charge in [-0.2, -0.15) is 0 Å². The summed E-state index contributed by atoms with van der Waals surface area (Å²) in [6, 6.07) is 5.41. The minimum atomic E-state index is -1.18. The first-order valence-electron chi connectivity index (χ1n) is 8.83. The van der Waals surface area contributed by atoms with Crippen LogP contribution in [0.2, 0.25) is 0 Å². The smallest absolute Gasteiger partial charge is 0.329 e. The fraction of sp³-hybridized carbons (Fsp3) is 0.474. The van der Waals surface area contributed by atoms with Gasteiger partial charge in [-0.15, -0.1) is 0 Å². The number of hydrogen-bond acceptors (Lipinski definition) is 5. The van der Waals surface area contributed by atoms with Crippen LogP contribution in [0.5, 0.6) is 0 Å². The minimum absolute atomic E-state index is 0.260. The van der Waals surface area contributed by atoms with Crippen molar-refractivity contribution in [1.29, 1.82) is 0 Å². The Morgan fingerprint density at radius 1 is 1.07 bits per heavy atom. The SMILES string of the molecule is CCNC(=O)NC(=O)[C@@H](C)OC(=O)[C@H](NC(=O)c1ccccc1C)C(C)C. The first-order valence-corrected chi connectivity index (χ1v) is 8.83. The van der Waals surface area contributed by atoms with Crippen LogP contribution < -0.4 is 16.0 Å². The zero-order valence-corrected chi connectivity index (χ0v) is 16.3. The van der Waals surface area contributed by atoms with Crippen LogP contribution in [0.3, 0.4) is 0 Å². The van der Waals surface area contributed by atoms with Crippen molar-refractivity contribution in [2.45, 2.75) is 46.8 Å². The number of ether oxygens (including phenoxy) is 1. The monoisotopic (exact) mass is 377 g/mol. The largest absolute Gasteiger partial charge is 0.451 e. The van der Waals surface area contributed by atoms with Crippen molar-refractivity contribution in [3.8, 4) is 0 Å².